The number of carbonyl (C=O) groups is 1. The molecule has 0 aliphatic carbocycles. The van der Waals surface area contributed by atoms with Gasteiger partial charge in [0.25, 0.3) is 0 Å². The van der Waals surface area contributed by atoms with Crippen molar-refractivity contribution in [3.8, 4) is 5.75 Å². The maximum atomic E-state index is 12.2. The number of aliphatic hydroxyl groups excluding tert-OH is 1. The number of amides is 1. The predicted octanol–water partition coefficient (Wildman–Crippen LogP) is 2.28. The summed E-state index contributed by atoms with van der Waals surface area (Å²) in [7, 11) is 1.60. The molecule has 1 heterocycles. The Morgan fingerprint density at radius 2 is 2.23 bits per heavy atom. The average Bonchev–Trinajstić information content (AvgIpc) is 2.91. The zero-order valence-corrected chi connectivity index (χ0v) is 12.6. The summed E-state index contributed by atoms with van der Waals surface area (Å²) in [6.45, 7) is 0.878. The summed E-state index contributed by atoms with van der Waals surface area (Å²) >= 11 is 0. The smallest absolute Gasteiger partial charge is 0.223 e. The summed E-state index contributed by atoms with van der Waals surface area (Å²) < 4.78 is 5.14. The highest BCUT2D eigenvalue weighted by atomic mass is 16.5. The van der Waals surface area contributed by atoms with E-state index < -0.39 is 0 Å². The molecule has 1 aromatic carbocycles. The van der Waals surface area contributed by atoms with Gasteiger partial charge in [-0.25, -0.2) is 0 Å². The highest BCUT2D eigenvalue weighted by Gasteiger charge is 2.34. The van der Waals surface area contributed by atoms with Crippen LogP contribution in [0.4, 0.5) is 0 Å². The van der Waals surface area contributed by atoms with Gasteiger partial charge in [-0.1, -0.05) is 17.2 Å². The molecule has 22 heavy (non-hydrogen) atoms. The van der Waals surface area contributed by atoms with Gasteiger partial charge in [-0.3, -0.25) is 4.79 Å². The van der Waals surface area contributed by atoms with Crippen LogP contribution in [0, 0.1) is 5.92 Å². The lowest BCUT2D eigenvalue weighted by Crippen LogP contribution is -2.31. The van der Waals surface area contributed by atoms with Gasteiger partial charge >= 0.3 is 0 Å². The number of ether oxygens (including phenoxy) is 1. The van der Waals surface area contributed by atoms with Crippen molar-refractivity contribution < 1.29 is 14.6 Å². The molecule has 2 unspecified atom stereocenters. The summed E-state index contributed by atoms with van der Waals surface area (Å²) in [5, 5.41) is 12.9. The lowest BCUT2D eigenvalue weighted by molar-refractivity contribution is -0.130. The number of carbonyl (C=O) groups excluding carboxylic acids is 1. The Bertz CT molecular complexity index is 554. The number of benzene rings is 1. The number of azide groups is 1. The molecule has 1 amide bonds. The van der Waals surface area contributed by atoms with E-state index in [-0.39, 0.29) is 24.5 Å². The molecule has 0 spiro atoms. The van der Waals surface area contributed by atoms with Crippen LogP contribution in [0.2, 0.25) is 0 Å². The third-order valence-electron chi connectivity index (χ3n) is 3.92. The second-order valence-corrected chi connectivity index (χ2v) is 5.33. The molecule has 7 heteroatoms. The first-order valence-corrected chi connectivity index (χ1v) is 7.24. The summed E-state index contributed by atoms with van der Waals surface area (Å²) in [4.78, 5) is 16.8. The third-order valence-corrected chi connectivity index (χ3v) is 3.92. The lowest BCUT2D eigenvalue weighted by Gasteiger charge is -2.28. The van der Waals surface area contributed by atoms with Gasteiger partial charge in [0.2, 0.25) is 5.91 Å². The first kappa shape index (κ1) is 16.1. The summed E-state index contributed by atoms with van der Waals surface area (Å²) in [6, 6.07) is 7.34. The molecule has 7 nitrogen and oxygen atoms in total. The first-order chi connectivity index (χ1) is 10.7. The van der Waals surface area contributed by atoms with Crippen LogP contribution in [0.15, 0.2) is 29.4 Å². The summed E-state index contributed by atoms with van der Waals surface area (Å²) in [5.41, 5.74) is 9.36. The number of likely N-dealkylation sites (tertiary alicyclic amines) is 1. The van der Waals surface area contributed by atoms with Crippen LogP contribution in [0.3, 0.4) is 0 Å². The largest absolute Gasteiger partial charge is 0.497 e. The molecule has 1 saturated heterocycles. The van der Waals surface area contributed by atoms with Crippen LogP contribution in [-0.4, -0.2) is 42.7 Å². The SMILES string of the molecule is COc1ccc(C(CCO)N2CC(CN=[N+]=[N-])CC2=O)cc1. The van der Waals surface area contributed by atoms with Crippen molar-refractivity contribution >= 4 is 5.91 Å². The minimum atomic E-state index is -0.167. The molecule has 0 bridgehead atoms. The second-order valence-electron chi connectivity index (χ2n) is 5.33. The fraction of sp³-hybridized carbons (Fsp3) is 0.533. The monoisotopic (exact) mass is 304 g/mol. The molecular weight excluding hydrogens is 284 g/mol. The molecule has 1 aliphatic rings. The van der Waals surface area contributed by atoms with E-state index in [2.05, 4.69) is 10.0 Å². The summed E-state index contributed by atoms with van der Waals surface area (Å²) in [5.74, 6) is 0.829. The minimum absolute atomic E-state index is 0.00148. The van der Waals surface area contributed by atoms with Gasteiger partial charge in [-0.2, -0.15) is 0 Å². The van der Waals surface area contributed by atoms with E-state index >= 15 is 0 Å². The predicted molar refractivity (Wildman–Crippen MR) is 81.3 cm³/mol. The van der Waals surface area contributed by atoms with Crippen molar-refractivity contribution in [2.24, 2.45) is 11.0 Å². The number of hydrogen-bond donors (Lipinski definition) is 1. The van der Waals surface area contributed by atoms with Gasteiger partial charge < -0.3 is 14.7 Å². The van der Waals surface area contributed by atoms with Crippen molar-refractivity contribution in [1.29, 1.82) is 0 Å². The van der Waals surface area contributed by atoms with Crippen molar-refractivity contribution in [2.45, 2.75) is 18.9 Å². The Morgan fingerprint density at radius 1 is 1.50 bits per heavy atom. The maximum absolute atomic E-state index is 12.2. The molecule has 1 fully saturated rings. The maximum Gasteiger partial charge on any atom is 0.223 e. The molecule has 0 aromatic heterocycles. The Hall–Kier alpha value is -2.24. The molecule has 0 radical (unpaired) electrons. The zero-order chi connectivity index (χ0) is 15.9. The number of hydrogen-bond acceptors (Lipinski definition) is 4. The van der Waals surface area contributed by atoms with Crippen molar-refractivity contribution in [3.05, 3.63) is 40.3 Å². The van der Waals surface area contributed by atoms with Crippen LogP contribution in [-0.2, 0) is 4.79 Å². The lowest BCUT2D eigenvalue weighted by atomic mass is 10.0. The topological polar surface area (TPSA) is 98.5 Å². The number of rotatable bonds is 7. The van der Waals surface area contributed by atoms with Gasteiger partial charge in [0, 0.05) is 31.0 Å². The number of aliphatic hydroxyl groups is 1. The van der Waals surface area contributed by atoms with Crippen molar-refractivity contribution in [2.75, 3.05) is 26.8 Å². The zero-order valence-electron chi connectivity index (χ0n) is 12.6. The quantitative estimate of drug-likeness (QED) is 0.475. The standard InChI is InChI=1S/C15H20N4O3/c1-22-13-4-2-12(3-5-13)14(6-7-20)19-10-11(8-15(19)21)9-17-18-16/h2-5,11,14,20H,6-10H2,1H3. The van der Waals surface area contributed by atoms with Gasteiger partial charge in [0.1, 0.15) is 5.75 Å². The van der Waals surface area contributed by atoms with Crippen LogP contribution in [0.1, 0.15) is 24.4 Å². The van der Waals surface area contributed by atoms with Crippen LogP contribution in [0.5, 0.6) is 5.75 Å². The fourth-order valence-corrected chi connectivity index (χ4v) is 2.83. The molecule has 2 atom stereocenters. The van der Waals surface area contributed by atoms with Crippen molar-refractivity contribution in [1.82, 2.24) is 4.90 Å². The molecular formula is C15H20N4O3. The van der Waals surface area contributed by atoms with Gasteiger partial charge in [-0.15, -0.1) is 0 Å². The first-order valence-electron chi connectivity index (χ1n) is 7.24. The van der Waals surface area contributed by atoms with Gasteiger partial charge in [0.05, 0.1) is 13.2 Å². The molecule has 1 aromatic rings. The second kappa shape index (κ2) is 7.68. The van der Waals surface area contributed by atoms with E-state index in [1.165, 1.54) is 0 Å². The van der Waals surface area contributed by atoms with Crippen molar-refractivity contribution in [3.63, 3.8) is 0 Å². The average molecular weight is 304 g/mol. The Balaban J connectivity index is 2.16. The van der Waals surface area contributed by atoms with E-state index in [9.17, 15) is 9.90 Å². The highest BCUT2D eigenvalue weighted by molar-refractivity contribution is 5.79. The van der Waals surface area contributed by atoms with Crippen LogP contribution < -0.4 is 4.74 Å². The molecule has 1 N–H and O–H groups in total. The van der Waals surface area contributed by atoms with E-state index in [1.54, 1.807) is 12.0 Å². The number of methoxy groups -OCH3 is 1. The van der Waals surface area contributed by atoms with Crippen LogP contribution in [0.25, 0.3) is 10.4 Å². The van der Waals surface area contributed by atoms with Gasteiger partial charge in [0.15, 0.2) is 0 Å². The minimum Gasteiger partial charge on any atom is -0.497 e. The fourth-order valence-electron chi connectivity index (χ4n) is 2.83. The molecule has 1 aliphatic heterocycles. The molecule has 0 saturated carbocycles. The third kappa shape index (κ3) is 3.69. The normalized spacial score (nSPS) is 18.9. The number of nitrogens with zero attached hydrogens (tertiary/aromatic N) is 4. The molecule has 118 valence electrons. The van der Waals surface area contributed by atoms with E-state index in [4.69, 9.17) is 10.3 Å². The molecule has 2 rings (SSSR count). The van der Waals surface area contributed by atoms with E-state index in [0.717, 1.165) is 11.3 Å². The Labute approximate surface area is 129 Å². The van der Waals surface area contributed by atoms with E-state index in [1.807, 2.05) is 24.3 Å². The van der Waals surface area contributed by atoms with E-state index in [0.29, 0.717) is 25.9 Å². The summed E-state index contributed by atoms with van der Waals surface area (Å²) in [6.07, 6.45) is 0.864. The Morgan fingerprint density at radius 3 is 2.82 bits per heavy atom. The Kier molecular flexibility index (Phi) is 5.63. The highest BCUT2D eigenvalue weighted by Crippen LogP contribution is 2.32. The van der Waals surface area contributed by atoms with Gasteiger partial charge in [-0.05, 0) is 35.6 Å². The van der Waals surface area contributed by atoms with Crippen LogP contribution >= 0.6 is 0 Å².